The third-order valence-electron chi connectivity index (χ3n) is 2.21. The zero-order valence-electron chi connectivity index (χ0n) is 8.10. The normalized spacial score (nSPS) is 11.8. The van der Waals surface area contributed by atoms with Crippen LogP contribution >= 0.6 is 0 Å². The third kappa shape index (κ3) is 4.02. The summed E-state index contributed by atoms with van der Waals surface area (Å²) in [7, 11) is 0. The predicted octanol–water partition coefficient (Wildman–Crippen LogP) is 2.23. The maximum atomic E-state index is 10.5. The first-order valence-electron chi connectivity index (χ1n) is 3.99. The second kappa shape index (κ2) is 3.74. The standard InChI is InChI=1S/C9H18O2/c1-7(2)9(4,5)6-11-8(3)10/h7H,6H2,1-5H3. The molecule has 0 aliphatic heterocycles. The Morgan fingerprint density at radius 1 is 1.45 bits per heavy atom. The molecular formula is C9H18O2. The van der Waals surface area contributed by atoms with Crippen LogP contribution in [0.25, 0.3) is 0 Å². The summed E-state index contributed by atoms with van der Waals surface area (Å²) in [5, 5.41) is 0. The molecule has 2 heteroatoms. The fraction of sp³-hybridized carbons (Fsp3) is 0.889. The molecule has 0 atom stereocenters. The summed E-state index contributed by atoms with van der Waals surface area (Å²) >= 11 is 0. The average molecular weight is 158 g/mol. The second-order valence-electron chi connectivity index (χ2n) is 3.92. The van der Waals surface area contributed by atoms with E-state index in [0.29, 0.717) is 12.5 Å². The van der Waals surface area contributed by atoms with E-state index < -0.39 is 0 Å². The molecule has 0 aromatic heterocycles. The number of ether oxygens (including phenoxy) is 1. The zero-order valence-corrected chi connectivity index (χ0v) is 8.10. The zero-order chi connectivity index (χ0) is 9.07. The molecule has 0 aliphatic rings. The fourth-order valence-corrected chi connectivity index (χ4v) is 0.454. The van der Waals surface area contributed by atoms with Crippen LogP contribution in [0, 0.1) is 11.3 Å². The van der Waals surface area contributed by atoms with Gasteiger partial charge >= 0.3 is 5.97 Å². The number of carbonyl (C=O) groups is 1. The summed E-state index contributed by atoms with van der Waals surface area (Å²) in [6.07, 6.45) is 0. The first-order valence-corrected chi connectivity index (χ1v) is 3.99. The first kappa shape index (κ1) is 10.5. The van der Waals surface area contributed by atoms with Crippen molar-refractivity contribution in [2.45, 2.75) is 34.6 Å². The number of carbonyl (C=O) groups excluding carboxylic acids is 1. The minimum absolute atomic E-state index is 0.0890. The molecule has 2 nitrogen and oxygen atoms in total. The van der Waals surface area contributed by atoms with E-state index in [-0.39, 0.29) is 11.4 Å². The van der Waals surface area contributed by atoms with Gasteiger partial charge in [0.1, 0.15) is 0 Å². The molecule has 0 aromatic carbocycles. The van der Waals surface area contributed by atoms with Crippen molar-refractivity contribution >= 4 is 5.97 Å². The lowest BCUT2D eigenvalue weighted by molar-refractivity contribution is -0.144. The number of esters is 1. The Kier molecular flexibility index (Phi) is 3.56. The van der Waals surface area contributed by atoms with Crippen molar-refractivity contribution in [3.8, 4) is 0 Å². The average Bonchev–Trinajstić information content (AvgIpc) is 1.84. The van der Waals surface area contributed by atoms with Gasteiger partial charge in [-0.25, -0.2) is 0 Å². The van der Waals surface area contributed by atoms with Gasteiger partial charge in [-0.05, 0) is 5.92 Å². The lowest BCUT2D eigenvalue weighted by Gasteiger charge is -2.28. The van der Waals surface area contributed by atoms with Crippen molar-refractivity contribution in [2.24, 2.45) is 11.3 Å². The Bertz CT molecular complexity index is 136. The molecule has 0 spiro atoms. The minimum atomic E-state index is -0.196. The highest BCUT2D eigenvalue weighted by Gasteiger charge is 2.23. The molecule has 0 amide bonds. The van der Waals surface area contributed by atoms with E-state index in [2.05, 4.69) is 27.7 Å². The van der Waals surface area contributed by atoms with Gasteiger partial charge in [0.05, 0.1) is 6.61 Å². The van der Waals surface area contributed by atoms with Crippen molar-refractivity contribution in [1.82, 2.24) is 0 Å². The Hall–Kier alpha value is -0.530. The van der Waals surface area contributed by atoms with Gasteiger partial charge in [-0.3, -0.25) is 4.79 Å². The van der Waals surface area contributed by atoms with Crippen LogP contribution in [0.4, 0.5) is 0 Å². The van der Waals surface area contributed by atoms with Crippen LogP contribution in [-0.2, 0) is 9.53 Å². The van der Waals surface area contributed by atoms with E-state index in [0.717, 1.165) is 0 Å². The van der Waals surface area contributed by atoms with Gasteiger partial charge < -0.3 is 4.74 Å². The third-order valence-corrected chi connectivity index (χ3v) is 2.21. The molecule has 11 heavy (non-hydrogen) atoms. The van der Waals surface area contributed by atoms with E-state index in [1.54, 1.807) is 0 Å². The van der Waals surface area contributed by atoms with E-state index in [4.69, 9.17) is 4.74 Å². The van der Waals surface area contributed by atoms with Gasteiger partial charge in [-0.15, -0.1) is 0 Å². The highest BCUT2D eigenvalue weighted by Crippen LogP contribution is 2.25. The molecule has 0 radical (unpaired) electrons. The van der Waals surface area contributed by atoms with Crippen molar-refractivity contribution in [3.63, 3.8) is 0 Å². The molecule has 0 saturated carbocycles. The minimum Gasteiger partial charge on any atom is -0.465 e. The highest BCUT2D eigenvalue weighted by molar-refractivity contribution is 5.65. The summed E-state index contributed by atoms with van der Waals surface area (Å²) in [5.41, 5.74) is 0.0890. The van der Waals surface area contributed by atoms with Crippen molar-refractivity contribution in [1.29, 1.82) is 0 Å². The van der Waals surface area contributed by atoms with Crippen molar-refractivity contribution < 1.29 is 9.53 Å². The molecule has 0 N–H and O–H groups in total. The fourth-order valence-electron chi connectivity index (χ4n) is 0.454. The lowest BCUT2D eigenvalue weighted by atomic mass is 9.82. The molecule has 0 rings (SSSR count). The van der Waals surface area contributed by atoms with E-state index in [1.165, 1.54) is 6.92 Å². The van der Waals surface area contributed by atoms with Gasteiger partial charge in [-0.1, -0.05) is 27.7 Å². The maximum Gasteiger partial charge on any atom is 0.302 e. The predicted molar refractivity (Wildman–Crippen MR) is 45.3 cm³/mol. The maximum absolute atomic E-state index is 10.5. The molecule has 66 valence electrons. The number of hydrogen-bond donors (Lipinski definition) is 0. The van der Waals surface area contributed by atoms with Crippen LogP contribution in [-0.4, -0.2) is 12.6 Å². The van der Waals surface area contributed by atoms with E-state index in [1.807, 2.05) is 0 Å². The molecule has 0 unspecified atom stereocenters. The van der Waals surface area contributed by atoms with Crippen molar-refractivity contribution in [2.75, 3.05) is 6.61 Å². The largest absolute Gasteiger partial charge is 0.465 e. The SMILES string of the molecule is CC(=O)OCC(C)(C)C(C)C. The molecule has 0 bridgehead atoms. The number of rotatable bonds is 3. The van der Waals surface area contributed by atoms with E-state index in [9.17, 15) is 4.79 Å². The van der Waals surface area contributed by atoms with Gasteiger partial charge in [0.25, 0.3) is 0 Å². The monoisotopic (exact) mass is 158 g/mol. The summed E-state index contributed by atoms with van der Waals surface area (Å²) in [4.78, 5) is 10.5. The quantitative estimate of drug-likeness (QED) is 0.589. The van der Waals surface area contributed by atoms with Crippen LogP contribution < -0.4 is 0 Å². The molecular weight excluding hydrogens is 140 g/mol. The van der Waals surface area contributed by atoms with Gasteiger partial charge in [0, 0.05) is 12.3 Å². The topological polar surface area (TPSA) is 26.3 Å². The molecule has 0 heterocycles. The van der Waals surface area contributed by atoms with Crippen LogP contribution in [0.3, 0.4) is 0 Å². The Morgan fingerprint density at radius 2 is 1.91 bits per heavy atom. The van der Waals surface area contributed by atoms with Crippen LogP contribution in [0.2, 0.25) is 0 Å². The molecule has 0 aromatic rings. The van der Waals surface area contributed by atoms with Crippen molar-refractivity contribution in [3.05, 3.63) is 0 Å². The summed E-state index contributed by atoms with van der Waals surface area (Å²) in [6, 6.07) is 0. The smallest absolute Gasteiger partial charge is 0.302 e. The van der Waals surface area contributed by atoms with Gasteiger partial charge in [0.2, 0.25) is 0 Å². The summed E-state index contributed by atoms with van der Waals surface area (Å²) in [5.74, 6) is 0.334. The van der Waals surface area contributed by atoms with Crippen LogP contribution in [0.15, 0.2) is 0 Å². The lowest BCUT2D eigenvalue weighted by Crippen LogP contribution is -2.26. The van der Waals surface area contributed by atoms with Gasteiger partial charge in [0.15, 0.2) is 0 Å². The first-order chi connectivity index (χ1) is 4.86. The Balaban J connectivity index is 3.82. The molecule has 0 aliphatic carbocycles. The number of hydrogen-bond acceptors (Lipinski definition) is 2. The molecule has 0 saturated heterocycles. The van der Waals surface area contributed by atoms with Crippen LogP contribution in [0.5, 0.6) is 0 Å². The summed E-state index contributed by atoms with van der Waals surface area (Å²) < 4.78 is 4.93. The van der Waals surface area contributed by atoms with Crippen LogP contribution in [0.1, 0.15) is 34.6 Å². The Morgan fingerprint density at radius 3 is 2.18 bits per heavy atom. The summed E-state index contributed by atoms with van der Waals surface area (Å²) in [6.45, 7) is 10.4. The molecule has 0 fully saturated rings. The van der Waals surface area contributed by atoms with E-state index >= 15 is 0 Å². The Labute approximate surface area is 68.9 Å². The second-order valence-corrected chi connectivity index (χ2v) is 3.92. The van der Waals surface area contributed by atoms with Gasteiger partial charge in [-0.2, -0.15) is 0 Å². The highest BCUT2D eigenvalue weighted by atomic mass is 16.5.